The minimum Gasteiger partial charge on any atom is -0.390 e. The fourth-order valence-corrected chi connectivity index (χ4v) is 3.39. The zero-order valence-corrected chi connectivity index (χ0v) is 9.06. The standard InChI is InChI=1S/C6H8Cl4O/c1-4(2,11)3-5(7,8)6(3,9)10/h3,11H,1-2H3. The van der Waals surface area contributed by atoms with Crippen molar-refractivity contribution < 1.29 is 5.11 Å². The summed E-state index contributed by atoms with van der Waals surface area (Å²) in [6.45, 7) is 3.15. The highest BCUT2D eigenvalue weighted by Gasteiger charge is 2.79. The third-order valence-electron chi connectivity index (χ3n) is 1.79. The van der Waals surface area contributed by atoms with E-state index < -0.39 is 20.2 Å². The van der Waals surface area contributed by atoms with Crippen LogP contribution in [0.5, 0.6) is 0 Å². The van der Waals surface area contributed by atoms with E-state index in [1.807, 2.05) is 0 Å². The van der Waals surface area contributed by atoms with E-state index in [0.717, 1.165) is 0 Å². The Morgan fingerprint density at radius 1 is 1.09 bits per heavy atom. The smallest absolute Gasteiger partial charge is 0.159 e. The van der Waals surface area contributed by atoms with Crippen LogP contribution in [0.4, 0.5) is 0 Å². The van der Waals surface area contributed by atoms with Crippen LogP contribution >= 0.6 is 46.4 Å². The van der Waals surface area contributed by atoms with E-state index in [4.69, 9.17) is 46.4 Å². The number of aliphatic hydroxyl groups is 1. The molecule has 0 saturated heterocycles. The Kier molecular flexibility index (Phi) is 2.16. The first-order valence-corrected chi connectivity index (χ1v) is 4.61. The normalized spacial score (nSPS) is 28.6. The van der Waals surface area contributed by atoms with Crippen molar-refractivity contribution in [2.24, 2.45) is 5.92 Å². The van der Waals surface area contributed by atoms with Crippen LogP contribution in [0.15, 0.2) is 0 Å². The number of alkyl halides is 4. The Hall–Kier alpha value is 1.12. The molecule has 0 amide bonds. The second-order valence-electron chi connectivity index (χ2n) is 3.33. The average Bonchev–Trinajstić information content (AvgIpc) is 1.93. The molecule has 1 saturated carbocycles. The molecule has 1 fully saturated rings. The Morgan fingerprint density at radius 3 is 1.36 bits per heavy atom. The van der Waals surface area contributed by atoms with Gasteiger partial charge >= 0.3 is 0 Å². The number of hydrogen-bond acceptors (Lipinski definition) is 1. The van der Waals surface area contributed by atoms with Gasteiger partial charge in [-0.1, -0.05) is 46.4 Å². The van der Waals surface area contributed by atoms with E-state index in [9.17, 15) is 5.11 Å². The summed E-state index contributed by atoms with van der Waals surface area (Å²) in [5.74, 6) is -0.505. The highest BCUT2D eigenvalue weighted by molar-refractivity contribution is 6.68. The molecule has 0 spiro atoms. The number of halogens is 4. The van der Waals surface area contributed by atoms with Gasteiger partial charge in [-0.15, -0.1) is 0 Å². The molecule has 0 aromatic carbocycles. The summed E-state index contributed by atoms with van der Waals surface area (Å²) >= 11 is 22.9. The van der Waals surface area contributed by atoms with Gasteiger partial charge < -0.3 is 5.11 Å². The van der Waals surface area contributed by atoms with Crippen molar-refractivity contribution in [2.45, 2.75) is 28.1 Å². The van der Waals surface area contributed by atoms with Crippen molar-refractivity contribution in [3.63, 3.8) is 0 Å². The average molecular weight is 238 g/mol. The highest BCUT2D eigenvalue weighted by atomic mass is 35.5. The summed E-state index contributed by atoms with van der Waals surface area (Å²) in [7, 11) is 0. The third kappa shape index (κ3) is 1.36. The lowest BCUT2D eigenvalue weighted by Crippen LogP contribution is -2.25. The van der Waals surface area contributed by atoms with Gasteiger partial charge in [0.15, 0.2) is 8.67 Å². The Labute approximate surface area is 85.6 Å². The van der Waals surface area contributed by atoms with Crippen LogP contribution in [0.2, 0.25) is 0 Å². The third-order valence-corrected chi connectivity index (χ3v) is 4.24. The van der Waals surface area contributed by atoms with Crippen molar-refractivity contribution in [3.05, 3.63) is 0 Å². The predicted molar refractivity (Wildman–Crippen MR) is 48.7 cm³/mol. The van der Waals surface area contributed by atoms with Gasteiger partial charge in [-0.25, -0.2) is 0 Å². The summed E-state index contributed by atoms with van der Waals surface area (Å²) in [6, 6.07) is 0. The molecule has 1 aliphatic rings. The van der Waals surface area contributed by atoms with Crippen molar-refractivity contribution in [1.29, 1.82) is 0 Å². The topological polar surface area (TPSA) is 20.2 Å². The Morgan fingerprint density at radius 2 is 1.36 bits per heavy atom. The molecule has 1 N–H and O–H groups in total. The maximum atomic E-state index is 9.49. The van der Waals surface area contributed by atoms with Crippen LogP contribution in [0.1, 0.15) is 13.8 Å². The van der Waals surface area contributed by atoms with Crippen molar-refractivity contribution in [2.75, 3.05) is 0 Å². The van der Waals surface area contributed by atoms with Gasteiger partial charge in [-0.2, -0.15) is 0 Å². The van der Waals surface area contributed by atoms with Crippen LogP contribution in [0, 0.1) is 5.92 Å². The van der Waals surface area contributed by atoms with Crippen molar-refractivity contribution in [3.8, 4) is 0 Å². The molecular weight excluding hydrogens is 230 g/mol. The summed E-state index contributed by atoms with van der Waals surface area (Å²) in [5, 5.41) is 9.49. The molecule has 1 rings (SSSR count). The molecule has 1 aliphatic carbocycles. The molecule has 0 heterocycles. The first-order chi connectivity index (χ1) is 4.62. The van der Waals surface area contributed by atoms with Crippen LogP contribution in [-0.2, 0) is 0 Å². The highest BCUT2D eigenvalue weighted by Crippen LogP contribution is 2.72. The lowest BCUT2D eigenvalue weighted by molar-refractivity contribution is 0.0550. The predicted octanol–water partition coefficient (Wildman–Crippen LogP) is 2.73. The second kappa shape index (κ2) is 2.33. The summed E-state index contributed by atoms with van der Waals surface area (Å²) < 4.78 is -2.46. The molecule has 0 radical (unpaired) electrons. The molecule has 0 aromatic heterocycles. The molecule has 11 heavy (non-hydrogen) atoms. The molecule has 0 atom stereocenters. The zero-order chi connectivity index (χ0) is 9.08. The van der Waals surface area contributed by atoms with Gasteiger partial charge in [0.05, 0.1) is 11.5 Å². The van der Waals surface area contributed by atoms with Gasteiger partial charge in [0.1, 0.15) is 0 Å². The minimum atomic E-state index is -1.23. The fraction of sp³-hybridized carbons (Fsp3) is 1.00. The van der Waals surface area contributed by atoms with E-state index in [1.54, 1.807) is 13.8 Å². The van der Waals surface area contributed by atoms with Gasteiger partial charge in [0.25, 0.3) is 0 Å². The largest absolute Gasteiger partial charge is 0.390 e. The van der Waals surface area contributed by atoms with Crippen LogP contribution in [-0.4, -0.2) is 19.4 Å². The fourth-order valence-electron chi connectivity index (χ4n) is 1.23. The van der Waals surface area contributed by atoms with Gasteiger partial charge in [0, 0.05) is 0 Å². The molecule has 5 heteroatoms. The van der Waals surface area contributed by atoms with E-state index in [-0.39, 0.29) is 0 Å². The quantitative estimate of drug-likeness (QED) is 0.696. The number of rotatable bonds is 1. The van der Waals surface area contributed by atoms with Crippen LogP contribution in [0.25, 0.3) is 0 Å². The molecule has 0 bridgehead atoms. The maximum Gasteiger partial charge on any atom is 0.159 e. The summed E-state index contributed by atoms with van der Waals surface area (Å²) in [4.78, 5) is 0. The molecule has 1 nitrogen and oxygen atoms in total. The SMILES string of the molecule is CC(C)(O)C1C(Cl)(Cl)C1(Cl)Cl. The summed E-state index contributed by atoms with van der Waals surface area (Å²) in [5.41, 5.74) is -1.05. The first kappa shape index (κ1) is 10.2. The van der Waals surface area contributed by atoms with Gasteiger partial charge in [-0.3, -0.25) is 0 Å². The lowest BCUT2D eigenvalue weighted by Gasteiger charge is -2.16. The Balaban J connectivity index is 2.84. The van der Waals surface area contributed by atoms with Crippen LogP contribution < -0.4 is 0 Å². The zero-order valence-electron chi connectivity index (χ0n) is 6.04. The van der Waals surface area contributed by atoms with E-state index in [2.05, 4.69) is 0 Å². The van der Waals surface area contributed by atoms with Crippen molar-refractivity contribution >= 4 is 46.4 Å². The van der Waals surface area contributed by atoms with E-state index in [0.29, 0.717) is 0 Å². The molecule has 0 aliphatic heterocycles. The first-order valence-electron chi connectivity index (χ1n) is 3.10. The van der Waals surface area contributed by atoms with E-state index in [1.165, 1.54) is 0 Å². The minimum absolute atomic E-state index is 0.505. The maximum absolute atomic E-state index is 9.49. The molecule has 66 valence electrons. The lowest BCUT2D eigenvalue weighted by atomic mass is 10.0. The molecular formula is C6H8Cl4O. The Bertz CT molecular complexity index is 168. The number of hydrogen-bond donors (Lipinski definition) is 1. The second-order valence-corrected chi connectivity index (χ2v) is 6.10. The summed E-state index contributed by atoms with van der Waals surface area (Å²) in [6.07, 6.45) is 0. The van der Waals surface area contributed by atoms with Crippen molar-refractivity contribution in [1.82, 2.24) is 0 Å². The van der Waals surface area contributed by atoms with Crippen LogP contribution in [0.3, 0.4) is 0 Å². The monoisotopic (exact) mass is 236 g/mol. The van der Waals surface area contributed by atoms with Gasteiger partial charge in [0.2, 0.25) is 0 Å². The molecule has 0 aromatic rings. The van der Waals surface area contributed by atoms with E-state index >= 15 is 0 Å². The van der Waals surface area contributed by atoms with Gasteiger partial charge in [-0.05, 0) is 13.8 Å². The molecule has 0 unspecified atom stereocenters.